The Labute approximate surface area is 202 Å². The first-order valence-corrected chi connectivity index (χ1v) is 11.4. The molecule has 0 aliphatic heterocycles. The van der Waals surface area contributed by atoms with Crippen LogP contribution in [0.15, 0.2) is 76.1 Å². The quantitative estimate of drug-likeness (QED) is 0.221. The van der Waals surface area contributed by atoms with Gasteiger partial charge in [0.15, 0.2) is 16.9 Å². The van der Waals surface area contributed by atoms with Gasteiger partial charge in [0.25, 0.3) is 0 Å². The molecular formula is C28H26O7. The summed E-state index contributed by atoms with van der Waals surface area (Å²) in [7, 11) is 0. The molecule has 0 aliphatic carbocycles. The van der Waals surface area contributed by atoms with Crippen molar-refractivity contribution in [2.75, 3.05) is 19.8 Å². The lowest BCUT2D eigenvalue weighted by molar-refractivity contribution is 0.0733. The van der Waals surface area contributed by atoms with E-state index < -0.39 is 5.97 Å². The van der Waals surface area contributed by atoms with E-state index in [2.05, 4.69) is 0 Å². The van der Waals surface area contributed by atoms with Crippen LogP contribution in [0.3, 0.4) is 0 Å². The number of hydrogen-bond donors (Lipinski definition) is 0. The molecule has 0 unspecified atom stereocenters. The van der Waals surface area contributed by atoms with Gasteiger partial charge in [-0.15, -0.1) is 0 Å². The van der Waals surface area contributed by atoms with Crippen LogP contribution in [0, 0.1) is 0 Å². The molecule has 0 saturated carbocycles. The molecule has 3 aromatic carbocycles. The zero-order chi connectivity index (χ0) is 24.8. The van der Waals surface area contributed by atoms with E-state index in [1.807, 2.05) is 51.1 Å². The van der Waals surface area contributed by atoms with Gasteiger partial charge in [0.1, 0.15) is 17.6 Å². The van der Waals surface area contributed by atoms with Gasteiger partial charge in [-0.1, -0.05) is 30.3 Å². The molecule has 7 heteroatoms. The Kier molecular flexibility index (Phi) is 7.35. The number of hydrogen-bond acceptors (Lipinski definition) is 7. The molecule has 0 fully saturated rings. The monoisotopic (exact) mass is 474 g/mol. The molecule has 4 rings (SSSR count). The SMILES string of the molecule is CCOc1cc(C(=O)Oc2ccc3c(=O)c(-c4ccccc4)coc3c2)cc(OCC)c1OCC. The molecule has 7 nitrogen and oxygen atoms in total. The molecule has 4 aromatic rings. The molecule has 1 heterocycles. The van der Waals surface area contributed by atoms with Crippen molar-refractivity contribution in [2.45, 2.75) is 20.8 Å². The minimum atomic E-state index is -0.613. The van der Waals surface area contributed by atoms with E-state index in [4.69, 9.17) is 23.4 Å². The summed E-state index contributed by atoms with van der Waals surface area (Å²) in [6, 6.07) is 17.1. The third-order valence-corrected chi connectivity index (χ3v) is 5.19. The van der Waals surface area contributed by atoms with Gasteiger partial charge < -0.3 is 23.4 Å². The lowest BCUT2D eigenvalue weighted by Gasteiger charge is -2.16. The number of carbonyl (C=O) groups excluding carboxylic acids is 1. The van der Waals surface area contributed by atoms with Crippen molar-refractivity contribution >= 4 is 16.9 Å². The van der Waals surface area contributed by atoms with Crippen LogP contribution in [0.25, 0.3) is 22.1 Å². The predicted octanol–water partition coefficient (Wildman–Crippen LogP) is 5.88. The average molecular weight is 475 g/mol. The summed E-state index contributed by atoms with van der Waals surface area (Å²) < 4.78 is 28.3. The summed E-state index contributed by atoms with van der Waals surface area (Å²) in [6.45, 7) is 6.73. The van der Waals surface area contributed by atoms with Crippen LogP contribution in [0.5, 0.6) is 23.0 Å². The molecule has 0 atom stereocenters. The highest BCUT2D eigenvalue weighted by atomic mass is 16.5. The Morgan fingerprint density at radius 2 is 1.49 bits per heavy atom. The van der Waals surface area contributed by atoms with E-state index in [9.17, 15) is 9.59 Å². The van der Waals surface area contributed by atoms with Crippen LogP contribution in [-0.2, 0) is 0 Å². The van der Waals surface area contributed by atoms with Gasteiger partial charge in [-0.2, -0.15) is 0 Å². The van der Waals surface area contributed by atoms with Gasteiger partial charge in [0.2, 0.25) is 5.75 Å². The van der Waals surface area contributed by atoms with Gasteiger partial charge in [-0.25, -0.2) is 4.79 Å². The number of benzene rings is 3. The van der Waals surface area contributed by atoms with E-state index in [0.717, 1.165) is 5.56 Å². The lowest BCUT2D eigenvalue weighted by Crippen LogP contribution is -2.11. The van der Waals surface area contributed by atoms with Crippen molar-refractivity contribution in [3.8, 4) is 34.1 Å². The Morgan fingerprint density at radius 3 is 2.11 bits per heavy atom. The van der Waals surface area contributed by atoms with E-state index in [1.54, 1.807) is 24.3 Å². The second kappa shape index (κ2) is 10.8. The van der Waals surface area contributed by atoms with E-state index in [-0.39, 0.29) is 16.7 Å². The first kappa shape index (κ1) is 23.9. The van der Waals surface area contributed by atoms with Crippen LogP contribution in [-0.4, -0.2) is 25.8 Å². The zero-order valence-corrected chi connectivity index (χ0v) is 19.8. The van der Waals surface area contributed by atoms with E-state index >= 15 is 0 Å². The molecule has 0 radical (unpaired) electrons. The van der Waals surface area contributed by atoms with Crippen molar-refractivity contribution in [3.05, 3.63) is 82.7 Å². The minimum absolute atomic E-state index is 0.162. The maximum absolute atomic E-state index is 13.0. The highest BCUT2D eigenvalue weighted by Crippen LogP contribution is 2.39. The molecule has 35 heavy (non-hydrogen) atoms. The minimum Gasteiger partial charge on any atom is -0.490 e. The summed E-state index contributed by atoms with van der Waals surface area (Å²) >= 11 is 0. The molecule has 0 spiro atoms. The number of fused-ring (bicyclic) bond motifs is 1. The molecule has 0 bridgehead atoms. The zero-order valence-electron chi connectivity index (χ0n) is 19.8. The molecule has 0 aliphatic rings. The Bertz CT molecular complexity index is 1360. The van der Waals surface area contributed by atoms with Crippen molar-refractivity contribution in [2.24, 2.45) is 0 Å². The highest BCUT2D eigenvalue weighted by Gasteiger charge is 2.20. The normalized spacial score (nSPS) is 10.7. The standard InChI is InChI=1S/C28H26O7/c1-4-31-24-14-19(15-25(32-5-2)27(24)33-6-3)28(30)35-20-12-13-21-23(16-20)34-17-22(26(21)29)18-10-8-7-9-11-18/h7-17H,4-6H2,1-3H3. The van der Waals surface area contributed by atoms with Gasteiger partial charge in [-0.05, 0) is 50.6 Å². The molecule has 0 N–H and O–H groups in total. The smallest absolute Gasteiger partial charge is 0.343 e. The van der Waals surface area contributed by atoms with Crippen molar-refractivity contribution in [1.29, 1.82) is 0 Å². The van der Waals surface area contributed by atoms with E-state index in [0.29, 0.717) is 53.6 Å². The van der Waals surface area contributed by atoms with Crippen LogP contribution in [0.1, 0.15) is 31.1 Å². The third kappa shape index (κ3) is 5.14. The summed E-state index contributed by atoms with van der Waals surface area (Å²) in [5, 5.41) is 0.393. The second-order valence-electron chi connectivity index (χ2n) is 7.49. The molecule has 0 amide bonds. The molecule has 180 valence electrons. The van der Waals surface area contributed by atoms with Gasteiger partial charge in [0, 0.05) is 6.07 Å². The van der Waals surface area contributed by atoms with Gasteiger partial charge in [-0.3, -0.25) is 4.79 Å². The number of ether oxygens (including phenoxy) is 4. The number of esters is 1. The average Bonchev–Trinajstić information content (AvgIpc) is 2.87. The topological polar surface area (TPSA) is 84.2 Å². The highest BCUT2D eigenvalue weighted by molar-refractivity contribution is 5.93. The van der Waals surface area contributed by atoms with Crippen molar-refractivity contribution < 1.29 is 28.2 Å². The second-order valence-corrected chi connectivity index (χ2v) is 7.49. The summed E-state index contributed by atoms with van der Waals surface area (Å²) in [6.07, 6.45) is 1.42. The Morgan fingerprint density at radius 1 is 0.829 bits per heavy atom. The number of rotatable bonds is 9. The van der Waals surface area contributed by atoms with Crippen molar-refractivity contribution in [3.63, 3.8) is 0 Å². The first-order valence-electron chi connectivity index (χ1n) is 11.4. The maximum Gasteiger partial charge on any atom is 0.343 e. The Hall–Kier alpha value is -4.26. The van der Waals surface area contributed by atoms with Crippen LogP contribution >= 0.6 is 0 Å². The van der Waals surface area contributed by atoms with Crippen LogP contribution in [0.4, 0.5) is 0 Å². The molecule has 0 saturated heterocycles. The van der Waals surface area contributed by atoms with Crippen LogP contribution in [0.2, 0.25) is 0 Å². The first-order chi connectivity index (χ1) is 17.0. The van der Waals surface area contributed by atoms with Crippen LogP contribution < -0.4 is 24.4 Å². The fraction of sp³-hybridized carbons (Fsp3) is 0.214. The third-order valence-electron chi connectivity index (χ3n) is 5.19. The Balaban J connectivity index is 1.64. The number of carbonyl (C=O) groups is 1. The summed E-state index contributed by atoms with van der Waals surface area (Å²) in [5.74, 6) is 0.852. The summed E-state index contributed by atoms with van der Waals surface area (Å²) in [4.78, 5) is 25.9. The van der Waals surface area contributed by atoms with Gasteiger partial charge >= 0.3 is 5.97 Å². The lowest BCUT2D eigenvalue weighted by atomic mass is 10.1. The van der Waals surface area contributed by atoms with Gasteiger partial charge in [0.05, 0.1) is 36.3 Å². The van der Waals surface area contributed by atoms with E-state index in [1.165, 1.54) is 12.3 Å². The summed E-state index contributed by atoms with van der Waals surface area (Å²) in [5.41, 5.74) is 1.62. The fourth-order valence-electron chi connectivity index (χ4n) is 3.66. The maximum atomic E-state index is 13.0. The molecule has 1 aromatic heterocycles. The largest absolute Gasteiger partial charge is 0.490 e. The molecular weight excluding hydrogens is 448 g/mol. The predicted molar refractivity (Wildman–Crippen MR) is 133 cm³/mol. The van der Waals surface area contributed by atoms with Crippen molar-refractivity contribution in [1.82, 2.24) is 0 Å². The fourth-order valence-corrected chi connectivity index (χ4v) is 3.66.